The molecule has 1 aliphatic heterocycles. The number of hydrogen-bond donors (Lipinski definition) is 3. The Morgan fingerprint density at radius 3 is 2.89 bits per heavy atom. The highest BCUT2D eigenvalue weighted by molar-refractivity contribution is 5.74. The Balaban J connectivity index is 1.63. The molecule has 2 rings (SSSR count). The summed E-state index contributed by atoms with van der Waals surface area (Å²) in [5.74, 6) is 0.410. The van der Waals surface area contributed by atoms with Gasteiger partial charge in [0.15, 0.2) is 0 Å². The number of aliphatic hydroxyl groups excluding tert-OH is 1. The number of nitrogens with one attached hydrogen (secondary N) is 2. The van der Waals surface area contributed by atoms with Gasteiger partial charge in [-0.1, -0.05) is 6.42 Å². The molecular weight excluding hydrogens is 244 g/mol. The van der Waals surface area contributed by atoms with Gasteiger partial charge in [-0.2, -0.15) is 0 Å². The zero-order valence-corrected chi connectivity index (χ0v) is 11.7. The van der Waals surface area contributed by atoms with Gasteiger partial charge < -0.3 is 20.5 Å². The van der Waals surface area contributed by atoms with Crippen LogP contribution in [0.1, 0.15) is 45.4 Å². The topological polar surface area (TPSA) is 70.6 Å². The van der Waals surface area contributed by atoms with Gasteiger partial charge in [-0.25, -0.2) is 4.79 Å². The van der Waals surface area contributed by atoms with Crippen molar-refractivity contribution in [2.75, 3.05) is 13.2 Å². The number of hydrogen-bond acceptors (Lipinski definition) is 3. The normalized spacial score (nSPS) is 32.8. The van der Waals surface area contributed by atoms with Crippen molar-refractivity contribution in [2.45, 2.75) is 63.7 Å². The van der Waals surface area contributed by atoms with Gasteiger partial charge in [-0.3, -0.25) is 0 Å². The highest BCUT2D eigenvalue weighted by Crippen LogP contribution is 2.23. The highest BCUT2D eigenvalue weighted by atomic mass is 16.5. The van der Waals surface area contributed by atoms with Crippen LogP contribution in [0.4, 0.5) is 4.79 Å². The van der Waals surface area contributed by atoms with Crippen molar-refractivity contribution in [3.8, 4) is 0 Å². The van der Waals surface area contributed by atoms with Crippen LogP contribution in [-0.4, -0.2) is 42.5 Å². The molecule has 2 fully saturated rings. The van der Waals surface area contributed by atoms with E-state index in [1.807, 2.05) is 6.92 Å². The van der Waals surface area contributed by atoms with Crippen LogP contribution in [0.3, 0.4) is 0 Å². The second-order valence-corrected chi connectivity index (χ2v) is 5.88. The average molecular weight is 270 g/mol. The summed E-state index contributed by atoms with van der Waals surface area (Å²) in [7, 11) is 0. The van der Waals surface area contributed by atoms with E-state index in [0.29, 0.717) is 12.5 Å². The summed E-state index contributed by atoms with van der Waals surface area (Å²) in [4.78, 5) is 11.8. The van der Waals surface area contributed by atoms with Crippen LogP contribution in [0.15, 0.2) is 0 Å². The Labute approximate surface area is 115 Å². The summed E-state index contributed by atoms with van der Waals surface area (Å²) in [5, 5.41) is 15.4. The van der Waals surface area contributed by atoms with E-state index in [-0.39, 0.29) is 24.3 Å². The fraction of sp³-hybridized carbons (Fsp3) is 0.929. The summed E-state index contributed by atoms with van der Waals surface area (Å²) in [6.07, 6.45) is 5.94. The molecule has 1 aliphatic carbocycles. The van der Waals surface area contributed by atoms with Gasteiger partial charge in [0.25, 0.3) is 0 Å². The molecule has 110 valence electrons. The first kappa shape index (κ1) is 14.6. The Hall–Kier alpha value is -0.810. The summed E-state index contributed by atoms with van der Waals surface area (Å²) in [6, 6.07) is -0.0671. The number of rotatable bonds is 4. The maximum atomic E-state index is 11.8. The third kappa shape index (κ3) is 4.66. The lowest BCUT2D eigenvalue weighted by Crippen LogP contribution is -2.47. The zero-order valence-electron chi connectivity index (χ0n) is 11.7. The fourth-order valence-corrected chi connectivity index (χ4v) is 3.03. The zero-order chi connectivity index (χ0) is 13.7. The van der Waals surface area contributed by atoms with Gasteiger partial charge >= 0.3 is 6.03 Å². The predicted molar refractivity (Wildman–Crippen MR) is 72.9 cm³/mol. The first-order chi connectivity index (χ1) is 9.15. The third-order valence-electron chi connectivity index (χ3n) is 4.19. The van der Waals surface area contributed by atoms with Crippen LogP contribution in [0, 0.1) is 5.92 Å². The minimum atomic E-state index is -0.186. The van der Waals surface area contributed by atoms with Gasteiger partial charge in [-0.15, -0.1) is 0 Å². The molecule has 0 spiro atoms. The lowest BCUT2D eigenvalue weighted by molar-refractivity contribution is 0.0853. The van der Waals surface area contributed by atoms with Gasteiger partial charge in [0.05, 0.1) is 18.2 Å². The Morgan fingerprint density at radius 1 is 1.37 bits per heavy atom. The summed E-state index contributed by atoms with van der Waals surface area (Å²) in [6.45, 7) is 3.44. The monoisotopic (exact) mass is 270 g/mol. The molecule has 0 aromatic rings. The molecule has 0 bridgehead atoms. The lowest BCUT2D eigenvalue weighted by Gasteiger charge is -2.26. The quantitative estimate of drug-likeness (QED) is 0.723. The Morgan fingerprint density at radius 2 is 2.21 bits per heavy atom. The summed E-state index contributed by atoms with van der Waals surface area (Å²) in [5.41, 5.74) is 0. The van der Waals surface area contributed by atoms with E-state index < -0.39 is 0 Å². The van der Waals surface area contributed by atoms with E-state index in [1.54, 1.807) is 0 Å². The molecule has 5 nitrogen and oxygen atoms in total. The first-order valence-electron chi connectivity index (χ1n) is 7.49. The summed E-state index contributed by atoms with van der Waals surface area (Å²) >= 11 is 0. The van der Waals surface area contributed by atoms with Crippen LogP contribution >= 0.6 is 0 Å². The molecule has 2 aliphatic rings. The minimum Gasteiger partial charge on any atom is -0.393 e. The SMILES string of the molecule is CC(NC(=O)NCC1CCCC(O)C1)C1CCCO1. The molecule has 3 N–H and O–H groups in total. The molecule has 1 saturated carbocycles. The van der Waals surface area contributed by atoms with Gasteiger partial charge in [0.1, 0.15) is 0 Å². The van der Waals surface area contributed by atoms with Crippen LogP contribution in [-0.2, 0) is 4.74 Å². The second-order valence-electron chi connectivity index (χ2n) is 5.88. The van der Waals surface area contributed by atoms with Gasteiger partial charge in [0.2, 0.25) is 0 Å². The van der Waals surface area contributed by atoms with Crippen LogP contribution in [0.25, 0.3) is 0 Å². The van der Waals surface area contributed by atoms with Crippen molar-refractivity contribution in [3.05, 3.63) is 0 Å². The molecule has 4 atom stereocenters. The van der Waals surface area contributed by atoms with Crippen molar-refractivity contribution in [1.82, 2.24) is 10.6 Å². The molecule has 4 unspecified atom stereocenters. The smallest absolute Gasteiger partial charge is 0.315 e. The molecular formula is C14H26N2O3. The van der Waals surface area contributed by atoms with Crippen molar-refractivity contribution in [3.63, 3.8) is 0 Å². The molecule has 0 aromatic heterocycles. The molecule has 1 heterocycles. The van der Waals surface area contributed by atoms with Crippen molar-refractivity contribution in [1.29, 1.82) is 0 Å². The highest BCUT2D eigenvalue weighted by Gasteiger charge is 2.24. The maximum absolute atomic E-state index is 11.8. The van der Waals surface area contributed by atoms with Crippen LogP contribution in [0.2, 0.25) is 0 Å². The fourth-order valence-electron chi connectivity index (χ4n) is 3.03. The van der Waals surface area contributed by atoms with Gasteiger partial charge in [-0.05, 0) is 44.9 Å². The number of carbonyl (C=O) groups is 1. The molecule has 0 radical (unpaired) electrons. The van der Waals surface area contributed by atoms with Crippen molar-refractivity contribution in [2.24, 2.45) is 5.92 Å². The van der Waals surface area contributed by atoms with E-state index in [4.69, 9.17) is 4.74 Å². The standard InChI is InChI=1S/C14H26N2O3/c1-10(13-6-3-7-19-13)16-14(18)15-9-11-4-2-5-12(17)8-11/h10-13,17H,2-9H2,1H3,(H2,15,16,18). The molecule has 1 saturated heterocycles. The van der Waals surface area contributed by atoms with Crippen LogP contribution < -0.4 is 10.6 Å². The number of carbonyl (C=O) groups excluding carboxylic acids is 1. The molecule has 0 aromatic carbocycles. The van der Waals surface area contributed by atoms with E-state index >= 15 is 0 Å². The summed E-state index contributed by atoms with van der Waals surface area (Å²) < 4.78 is 5.55. The third-order valence-corrected chi connectivity index (χ3v) is 4.19. The number of amides is 2. The van der Waals surface area contributed by atoms with Crippen LogP contribution in [0.5, 0.6) is 0 Å². The van der Waals surface area contributed by atoms with E-state index in [9.17, 15) is 9.90 Å². The number of urea groups is 1. The maximum Gasteiger partial charge on any atom is 0.315 e. The average Bonchev–Trinajstić information content (AvgIpc) is 2.90. The van der Waals surface area contributed by atoms with E-state index in [1.165, 1.54) is 0 Å². The van der Waals surface area contributed by atoms with E-state index in [2.05, 4.69) is 10.6 Å². The number of ether oxygens (including phenoxy) is 1. The molecule has 5 heteroatoms. The predicted octanol–water partition coefficient (Wildman–Crippen LogP) is 1.40. The first-order valence-corrected chi connectivity index (χ1v) is 7.49. The Bertz CT molecular complexity index is 292. The second kappa shape index (κ2) is 7.10. The molecule has 19 heavy (non-hydrogen) atoms. The minimum absolute atomic E-state index is 0.0550. The lowest BCUT2D eigenvalue weighted by atomic mass is 9.87. The number of aliphatic hydroxyl groups is 1. The van der Waals surface area contributed by atoms with Gasteiger partial charge in [0, 0.05) is 13.2 Å². The molecule has 2 amide bonds. The van der Waals surface area contributed by atoms with E-state index in [0.717, 1.165) is 45.1 Å². The van der Waals surface area contributed by atoms with Crippen molar-refractivity contribution < 1.29 is 14.6 Å². The Kier molecular flexibility index (Phi) is 5.45. The van der Waals surface area contributed by atoms with Crippen molar-refractivity contribution >= 4 is 6.03 Å². The largest absolute Gasteiger partial charge is 0.393 e.